The summed E-state index contributed by atoms with van der Waals surface area (Å²) in [5.74, 6) is -1.95. The third-order valence-corrected chi connectivity index (χ3v) is 3.31. The minimum atomic E-state index is -0.726. The van der Waals surface area contributed by atoms with Crippen molar-refractivity contribution in [2.45, 2.75) is 0 Å². The second-order valence-corrected chi connectivity index (χ2v) is 5.34. The van der Waals surface area contributed by atoms with Gasteiger partial charge in [0.1, 0.15) is 38.6 Å². The van der Waals surface area contributed by atoms with Gasteiger partial charge in [0.25, 0.3) is 0 Å². The Kier molecular flexibility index (Phi) is 11.6. The number of esters is 3. The number of ether oxygens (including phenoxy) is 6. The molecule has 9 heteroatoms. The van der Waals surface area contributed by atoms with Crippen LogP contribution in [0.1, 0.15) is 26.3 Å². The second kappa shape index (κ2) is 14.3. The van der Waals surface area contributed by atoms with Crippen molar-refractivity contribution in [1.82, 2.24) is 0 Å². The van der Waals surface area contributed by atoms with Crippen LogP contribution in [-0.2, 0) is 28.4 Å². The SMILES string of the molecule is C=COCCOC(=O)c1cc(C(=O)OCCOC=C)cc(C(=[OH+])OCCOC=C)c1. The number of benzene rings is 1. The monoisotopic (exact) mass is 421 g/mol. The molecule has 30 heavy (non-hydrogen) atoms. The Morgan fingerprint density at radius 3 is 1.43 bits per heavy atom. The van der Waals surface area contributed by atoms with Crippen molar-refractivity contribution in [2.24, 2.45) is 0 Å². The maximum absolute atomic E-state index is 12.3. The maximum atomic E-state index is 12.3. The molecule has 0 unspecified atom stereocenters. The summed E-state index contributed by atoms with van der Waals surface area (Å²) in [7, 11) is 0. The van der Waals surface area contributed by atoms with E-state index in [0.717, 1.165) is 0 Å². The Morgan fingerprint density at radius 1 is 0.667 bits per heavy atom. The topological polar surface area (TPSA) is 111 Å². The third kappa shape index (κ3) is 8.96. The van der Waals surface area contributed by atoms with Gasteiger partial charge in [0.2, 0.25) is 6.61 Å². The summed E-state index contributed by atoms with van der Waals surface area (Å²) < 4.78 is 30.0. The van der Waals surface area contributed by atoms with Crippen molar-refractivity contribution in [1.29, 1.82) is 0 Å². The first kappa shape index (κ1) is 24.3. The van der Waals surface area contributed by atoms with E-state index in [1.54, 1.807) is 0 Å². The fourth-order valence-electron chi connectivity index (χ4n) is 2.04. The van der Waals surface area contributed by atoms with Gasteiger partial charge in [0.05, 0.1) is 29.9 Å². The zero-order valence-corrected chi connectivity index (χ0v) is 16.5. The third-order valence-electron chi connectivity index (χ3n) is 3.31. The summed E-state index contributed by atoms with van der Waals surface area (Å²) in [6, 6.07) is 3.92. The van der Waals surface area contributed by atoms with Gasteiger partial charge in [-0.3, -0.25) is 0 Å². The first-order valence-corrected chi connectivity index (χ1v) is 8.89. The number of carbonyl (C=O) groups is 2. The maximum Gasteiger partial charge on any atom is 0.517 e. The van der Waals surface area contributed by atoms with Gasteiger partial charge in [-0.15, -0.1) is 0 Å². The molecule has 0 saturated heterocycles. The van der Waals surface area contributed by atoms with E-state index < -0.39 is 17.9 Å². The van der Waals surface area contributed by atoms with Gasteiger partial charge >= 0.3 is 17.9 Å². The van der Waals surface area contributed by atoms with Crippen molar-refractivity contribution in [3.05, 3.63) is 73.4 Å². The van der Waals surface area contributed by atoms with Crippen molar-refractivity contribution in [3.8, 4) is 0 Å². The van der Waals surface area contributed by atoms with Gasteiger partial charge in [0.15, 0.2) is 0 Å². The molecular weight excluding hydrogens is 396 g/mol. The van der Waals surface area contributed by atoms with Crippen molar-refractivity contribution in [2.75, 3.05) is 39.6 Å². The Hall–Kier alpha value is -3.75. The minimum absolute atomic E-state index is 0.0119. The smallest absolute Gasteiger partial charge is 0.498 e. The quantitative estimate of drug-likeness (QED) is 0.140. The molecule has 162 valence electrons. The highest BCUT2D eigenvalue weighted by molar-refractivity contribution is 6.00. The molecule has 0 aliphatic rings. The van der Waals surface area contributed by atoms with E-state index in [4.69, 9.17) is 28.4 Å². The Morgan fingerprint density at radius 2 is 1.03 bits per heavy atom. The molecule has 0 heterocycles. The second-order valence-electron chi connectivity index (χ2n) is 5.34. The molecule has 1 aromatic carbocycles. The molecule has 0 amide bonds. The molecule has 0 fully saturated rings. The molecular formula is C21H25O9+. The van der Waals surface area contributed by atoms with Crippen LogP contribution in [0.5, 0.6) is 0 Å². The minimum Gasteiger partial charge on any atom is -0.498 e. The van der Waals surface area contributed by atoms with Crippen LogP contribution in [0.4, 0.5) is 0 Å². The van der Waals surface area contributed by atoms with Crippen LogP contribution in [0.3, 0.4) is 0 Å². The zero-order valence-electron chi connectivity index (χ0n) is 16.5. The highest BCUT2D eigenvalue weighted by Gasteiger charge is 2.23. The Balaban J connectivity index is 2.95. The lowest BCUT2D eigenvalue weighted by atomic mass is 10.1. The molecule has 0 aromatic heterocycles. The average molecular weight is 421 g/mol. The van der Waals surface area contributed by atoms with E-state index in [1.807, 2.05) is 0 Å². The van der Waals surface area contributed by atoms with Crippen LogP contribution in [-0.4, -0.2) is 62.3 Å². The Bertz CT molecular complexity index is 643. The van der Waals surface area contributed by atoms with Gasteiger partial charge < -0.3 is 33.2 Å². The molecule has 1 N–H and O–H groups in total. The van der Waals surface area contributed by atoms with E-state index in [1.165, 1.54) is 37.0 Å². The van der Waals surface area contributed by atoms with E-state index in [9.17, 15) is 14.4 Å². The number of hydrogen-bond donors (Lipinski definition) is 0. The van der Waals surface area contributed by atoms with E-state index in [2.05, 4.69) is 19.7 Å². The predicted octanol–water partition coefficient (Wildman–Crippen LogP) is 2.35. The Labute approximate surface area is 174 Å². The largest absolute Gasteiger partial charge is 0.517 e. The molecule has 9 nitrogen and oxygen atoms in total. The first-order chi connectivity index (χ1) is 14.5. The summed E-state index contributed by atoms with van der Waals surface area (Å²) >= 11 is 0. The molecule has 0 bridgehead atoms. The van der Waals surface area contributed by atoms with Gasteiger partial charge in [0, 0.05) is 0 Å². The molecule has 0 radical (unpaired) electrons. The summed E-state index contributed by atoms with van der Waals surface area (Å²) in [4.78, 5) is 34.8. The lowest BCUT2D eigenvalue weighted by Crippen LogP contribution is -2.16. The number of carbonyl (C=O) groups excluding carboxylic acids is 3. The fourth-order valence-corrected chi connectivity index (χ4v) is 2.04. The van der Waals surface area contributed by atoms with Crippen molar-refractivity contribution in [3.63, 3.8) is 0 Å². The van der Waals surface area contributed by atoms with Gasteiger partial charge in [-0.05, 0) is 18.2 Å². The van der Waals surface area contributed by atoms with Gasteiger partial charge in [-0.2, -0.15) is 0 Å². The molecule has 1 aromatic rings. The first-order valence-electron chi connectivity index (χ1n) is 8.89. The molecule has 1 rings (SSSR count). The molecule has 0 aliphatic carbocycles. The van der Waals surface area contributed by atoms with Crippen LogP contribution in [0.15, 0.2) is 56.7 Å². The molecule has 0 saturated carbocycles. The highest BCUT2D eigenvalue weighted by Crippen LogP contribution is 2.14. The number of hydrogen-bond acceptors (Lipinski definition) is 8. The molecule has 0 aliphatic heterocycles. The van der Waals surface area contributed by atoms with E-state index in [-0.39, 0.29) is 56.3 Å². The summed E-state index contributed by atoms with van der Waals surface area (Å²) in [5, 5.41) is 0. The average Bonchev–Trinajstić information content (AvgIpc) is 2.76. The predicted molar refractivity (Wildman–Crippen MR) is 107 cm³/mol. The standard InChI is InChI=1S/C21H24O9/c1-4-25-7-10-28-19(22)16-13-17(20(23)29-11-8-26-5-2)15-18(14-16)21(24)30-12-9-27-6-3/h4-6,13-15H,1-3,7-12H2/p+1. The van der Waals surface area contributed by atoms with Gasteiger partial charge in [-0.1, -0.05) is 19.7 Å². The van der Waals surface area contributed by atoms with E-state index >= 15 is 0 Å². The van der Waals surface area contributed by atoms with Crippen LogP contribution >= 0.6 is 0 Å². The van der Waals surface area contributed by atoms with Crippen LogP contribution in [0.25, 0.3) is 0 Å². The van der Waals surface area contributed by atoms with E-state index in [0.29, 0.717) is 0 Å². The van der Waals surface area contributed by atoms with Crippen LogP contribution in [0.2, 0.25) is 0 Å². The fraction of sp³-hybridized carbons (Fsp3) is 0.286. The lowest BCUT2D eigenvalue weighted by Gasteiger charge is -2.09. The molecule has 0 atom stereocenters. The number of rotatable bonds is 15. The molecule has 0 spiro atoms. The highest BCUT2D eigenvalue weighted by atomic mass is 16.6. The van der Waals surface area contributed by atoms with Crippen LogP contribution < -0.4 is 0 Å². The summed E-state index contributed by atoms with van der Waals surface area (Å²) in [6.45, 7) is 10.5. The lowest BCUT2D eigenvalue weighted by molar-refractivity contribution is 0.0418. The summed E-state index contributed by atoms with van der Waals surface area (Å²) in [5.41, 5.74) is 0.107. The summed E-state index contributed by atoms with van der Waals surface area (Å²) in [6.07, 6.45) is 3.68. The van der Waals surface area contributed by atoms with Crippen LogP contribution in [0, 0.1) is 0 Å². The van der Waals surface area contributed by atoms with Crippen molar-refractivity contribution >= 4 is 17.9 Å². The normalized spacial score (nSPS) is 9.60. The van der Waals surface area contributed by atoms with Gasteiger partial charge in [-0.25, -0.2) is 9.59 Å². The van der Waals surface area contributed by atoms with Crippen molar-refractivity contribution < 1.29 is 42.8 Å². The zero-order chi connectivity index (χ0) is 22.2.